The lowest BCUT2D eigenvalue weighted by atomic mass is 10.1. The normalized spacial score (nSPS) is 11.5. The number of hydrogen-bond acceptors (Lipinski definition) is 1. The first-order valence-electron chi connectivity index (χ1n) is 5.94. The zero-order valence-corrected chi connectivity index (χ0v) is 12.1. The number of allylic oxidation sites excluding steroid dienone is 4. The molecule has 1 rings (SSSR count). The van der Waals surface area contributed by atoms with Gasteiger partial charge in [0.25, 0.3) is 0 Å². The minimum absolute atomic E-state index is 0.0124. The first kappa shape index (κ1) is 14.2. The number of carbonyl (C=O) groups excluding carboxylic acids is 1. The molecule has 1 aromatic rings. The van der Waals surface area contributed by atoms with Crippen molar-refractivity contribution in [2.24, 2.45) is 0 Å². The topological polar surface area (TPSA) is 17.1 Å². The van der Waals surface area contributed by atoms with E-state index in [0.717, 1.165) is 0 Å². The van der Waals surface area contributed by atoms with Gasteiger partial charge in [-0.15, -0.1) is 5.54 Å². The van der Waals surface area contributed by atoms with E-state index >= 15 is 0 Å². The Hall–Kier alpha value is -1.85. The van der Waals surface area contributed by atoms with Crippen molar-refractivity contribution in [1.29, 1.82) is 0 Å². The molecular formula is C16H18OSi. The summed E-state index contributed by atoms with van der Waals surface area (Å²) >= 11 is 0. The maximum Gasteiger partial charge on any atom is 0.185 e. The Morgan fingerprint density at radius 2 is 1.78 bits per heavy atom. The second-order valence-electron chi connectivity index (χ2n) is 4.97. The average molecular weight is 254 g/mol. The monoisotopic (exact) mass is 254 g/mol. The summed E-state index contributed by atoms with van der Waals surface area (Å²) in [7, 11) is -1.30. The molecule has 0 amide bonds. The highest BCUT2D eigenvalue weighted by Gasteiger charge is 2.06. The van der Waals surface area contributed by atoms with Crippen molar-refractivity contribution in [3.63, 3.8) is 0 Å². The molecule has 0 N–H and O–H groups in total. The van der Waals surface area contributed by atoms with Crippen LogP contribution in [0.2, 0.25) is 19.6 Å². The van der Waals surface area contributed by atoms with Gasteiger partial charge in [0.05, 0.1) is 0 Å². The molecule has 1 aromatic carbocycles. The van der Waals surface area contributed by atoms with E-state index < -0.39 is 8.07 Å². The quantitative estimate of drug-likeness (QED) is 0.263. The van der Waals surface area contributed by atoms with E-state index in [1.54, 1.807) is 36.4 Å². The molecular weight excluding hydrogens is 236 g/mol. The second-order valence-corrected chi connectivity index (χ2v) is 9.72. The summed E-state index contributed by atoms with van der Waals surface area (Å²) in [5.74, 6) is 3.02. The fraction of sp³-hybridized carbons (Fsp3) is 0.188. The molecule has 0 atom stereocenters. The largest absolute Gasteiger partial charge is 0.289 e. The number of hydrogen-bond donors (Lipinski definition) is 0. The second kappa shape index (κ2) is 6.78. The zero-order chi connectivity index (χ0) is 13.4. The van der Waals surface area contributed by atoms with Gasteiger partial charge in [0, 0.05) is 5.56 Å². The number of ketones is 1. The van der Waals surface area contributed by atoms with Crippen molar-refractivity contribution in [1.82, 2.24) is 0 Å². The summed E-state index contributed by atoms with van der Waals surface area (Å²) in [5.41, 5.74) is 3.93. The molecule has 18 heavy (non-hydrogen) atoms. The molecule has 0 heterocycles. The Balaban J connectivity index is 2.53. The lowest BCUT2D eigenvalue weighted by molar-refractivity contribution is 0.104. The van der Waals surface area contributed by atoms with Crippen molar-refractivity contribution in [2.45, 2.75) is 19.6 Å². The first-order valence-corrected chi connectivity index (χ1v) is 9.44. The molecule has 0 radical (unpaired) electrons. The fourth-order valence-corrected chi connectivity index (χ4v) is 1.72. The summed E-state index contributed by atoms with van der Waals surface area (Å²) in [6.07, 6.45) is 6.87. The summed E-state index contributed by atoms with van der Waals surface area (Å²) < 4.78 is 0. The van der Waals surface area contributed by atoms with Gasteiger partial charge < -0.3 is 0 Å². The van der Waals surface area contributed by atoms with Crippen LogP contribution in [0.3, 0.4) is 0 Å². The Labute approximate surface area is 110 Å². The van der Waals surface area contributed by atoms with E-state index in [-0.39, 0.29) is 5.78 Å². The van der Waals surface area contributed by atoms with Crippen molar-refractivity contribution < 1.29 is 4.79 Å². The molecule has 0 aliphatic heterocycles. The summed E-state index contributed by atoms with van der Waals surface area (Å²) in [5, 5.41) is 0. The van der Waals surface area contributed by atoms with Crippen LogP contribution in [0.4, 0.5) is 0 Å². The predicted molar refractivity (Wildman–Crippen MR) is 80.2 cm³/mol. The van der Waals surface area contributed by atoms with Gasteiger partial charge in [0.2, 0.25) is 0 Å². The van der Waals surface area contributed by atoms with E-state index in [4.69, 9.17) is 0 Å². The first-order chi connectivity index (χ1) is 8.49. The third-order valence-corrected chi connectivity index (χ3v) is 2.94. The van der Waals surface area contributed by atoms with Crippen LogP contribution >= 0.6 is 0 Å². The third kappa shape index (κ3) is 6.02. The van der Waals surface area contributed by atoms with Crippen molar-refractivity contribution >= 4 is 13.9 Å². The molecule has 0 aromatic heterocycles. The minimum Gasteiger partial charge on any atom is -0.289 e. The molecule has 0 unspecified atom stereocenters. The molecule has 0 bridgehead atoms. The molecule has 0 saturated carbocycles. The van der Waals surface area contributed by atoms with E-state index in [0.29, 0.717) is 5.56 Å². The number of benzene rings is 1. The molecule has 1 nitrogen and oxygen atoms in total. The van der Waals surface area contributed by atoms with E-state index in [2.05, 4.69) is 31.1 Å². The van der Waals surface area contributed by atoms with Crippen molar-refractivity contribution in [3.05, 3.63) is 60.2 Å². The molecule has 2 heteroatoms. The van der Waals surface area contributed by atoms with E-state index in [1.165, 1.54) is 0 Å². The van der Waals surface area contributed by atoms with Gasteiger partial charge >= 0.3 is 0 Å². The van der Waals surface area contributed by atoms with Gasteiger partial charge in [-0.05, 0) is 12.2 Å². The van der Waals surface area contributed by atoms with Gasteiger partial charge in [0.15, 0.2) is 5.78 Å². The van der Waals surface area contributed by atoms with Crippen LogP contribution in [-0.4, -0.2) is 13.9 Å². The lowest BCUT2D eigenvalue weighted by Crippen LogP contribution is -2.16. The molecule has 0 saturated heterocycles. The van der Waals surface area contributed by atoms with Crippen LogP contribution in [0.1, 0.15) is 10.4 Å². The van der Waals surface area contributed by atoms with Gasteiger partial charge in [0.1, 0.15) is 8.07 Å². The Kier molecular flexibility index (Phi) is 5.35. The highest BCUT2D eigenvalue weighted by Crippen LogP contribution is 2.00. The van der Waals surface area contributed by atoms with Crippen LogP contribution in [0, 0.1) is 11.5 Å². The standard InChI is InChI=1S/C16H18OSi/c1-18(2,3)14-10-5-4-9-13-16(17)15-11-7-6-8-12-15/h4-9,11-13H,1-3H3/b5-4+,13-9+. The Morgan fingerprint density at radius 1 is 1.11 bits per heavy atom. The fourth-order valence-electron chi connectivity index (χ4n) is 1.20. The maximum absolute atomic E-state index is 11.7. The molecule has 0 aliphatic carbocycles. The summed E-state index contributed by atoms with van der Waals surface area (Å²) in [6.45, 7) is 6.59. The SMILES string of the molecule is C[Si](C)(C)C#C/C=C/C=C/C(=O)c1ccccc1. The molecule has 0 fully saturated rings. The highest BCUT2D eigenvalue weighted by atomic mass is 28.3. The van der Waals surface area contributed by atoms with Crippen LogP contribution in [0.15, 0.2) is 54.6 Å². The maximum atomic E-state index is 11.7. The smallest absolute Gasteiger partial charge is 0.185 e. The molecule has 0 spiro atoms. The lowest BCUT2D eigenvalue weighted by Gasteiger charge is -2.01. The van der Waals surface area contributed by atoms with Gasteiger partial charge in [-0.2, -0.15) is 0 Å². The van der Waals surface area contributed by atoms with Crippen LogP contribution < -0.4 is 0 Å². The van der Waals surface area contributed by atoms with Gasteiger partial charge in [-0.1, -0.05) is 68.0 Å². The van der Waals surface area contributed by atoms with Gasteiger partial charge in [-0.3, -0.25) is 4.79 Å². The zero-order valence-electron chi connectivity index (χ0n) is 11.1. The third-order valence-electron chi connectivity index (χ3n) is 2.04. The van der Waals surface area contributed by atoms with Gasteiger partial charge in [-0.25, -0.2) is 0 Å². The molecule has 92 valence electrons. The number of carbonyl (C=O) groups is 1. The van der Waals surface area contributed by atoms with Crippen LogP contribution in [0.25, 0.3) is 0 Å². The van der Waals surface area contributed by atoms with Crippen LogP contribution in [-0.2, 0) is 0 Å². The predicted octanol–water partition coefficient (Wildman–Crippen LogP) is 3.86. The number of rotatable bonds is 3. The minimum atomic E-state index is -1.30. The van der Waals surface area contributed by atoms with Crippen molar-refractivity contribution in [2.75, 3.05) is 0 Å². The summed E-state index contributed by atoms with van der Waals surface area (Å²) in [6, 6.07) is 9.22. The summed E-state index contributed by atoms with van der Waals surface area (Å²) in [4.78, 5) is 11.7. The molecule has 0 aliphatic rings. The van der Waals surface area contributed by atoms with Crippen LogP contribution in [0.5, 0.6) is 0 Å². The average Bonchev–Trinajstić information content (AvgIpc) is 2.33. The Bertz CT molecular complexity index is 508. The highest BCUT2D eigenvalue weighted by molar-refractivity contribution is 6.83. The van der Waals surface area contributed by atoms with E-state index in [1.807, 2.05) is 18.2 Å². The van der Waals surface area contributed by atoms with E-state index in [9.17, 15) is 4.79 Å². The van der Waals surface area contributed by atoms with Crippen molar-refractivity contribution in [3.8, 4) is 11.5 Å². The Morgan fingerprint density at radius 3 is 2.39 bits per heavy atom.